The molecule has 4 heteroatoms. The molecular weight excluding hydrogens is 298 g/mol. The lowest BCUT2D eigenvalue weighted by atomic mass is 10.1. The normalized spacial score (nSPS) is 12.1. The number of unbranched alkanes of at least 4 members (excludes halogenated alkanes) is 2. The second-order valence-electron chi connectivity index (χ2n) is 6.30. The molecule has 0 unspecified atom stereocenters. The van der Waals surface area contributed by atoms with E-state index in [0.29, 0.717) is 6.42 Å². The van der Waals surface area contributed by atoms with Gasteiger partial charge in [0.05, 0.1) is 6.54 Å². The van der Waals surface area contributed by atoms with Crippen molar-refractivity contribution in [1.29, 1.82) is 0 Å². The van der Waals surface area contributed by atoms with Crippen molar-refractivity contribution >= 4 is 5.91 Å². The highest BCUT2D eigenvalue weighted by Crippen LogP contribution is 2.14. The molecule has 0 spiro atoms. The average molecular weight is 328 g/mol. The van der Waals surface area contributed by atoms with E-state index in [4.69, 9.17) is 0 Å². The maximum absolute atomic E-state index is 12.7. The third kappa shape index (κ3) is 5.52. The molecule has 0 aliphatic rings. The summed E-state index contributed by atoms with van der Waals surface area (Å²) in [5.74, 6) is 0.102. The summed E-state index contributed by atoms with van der Waals surface area (Å²) in [6.45, 7) is 6.07. The Bertz CT molecular complexity index is 606. The van der Waals surface area contributed by atoms with E-state index in [1.54, 1.807) is 0 Å². The Kier molecular flexibility index (Phi) is 7.53. The zero-order chi connectivity index (χ0) is 17.2. The van der Waals surface area contributed by atoms with Crippen LogP contribution in [-0.4, -0.2) is 17.0 Å². The van der Waals surface area contributed by atoms with Crippen molar-refractivity contribution in [2.24, 2.45) is 0 Å². The van der Waals surface area contributed by atoms with Crippen LogP contribution in [0, 0.1) is 0 Å². The number of benzene rings is 1. The topological polar surface area (TPSA) is 37.9 Å². The summed E-state index contributed by atoms with van der Waals surface area (Å²) in [5, 5.41) is 3.09. The van der Waals surface area contributed by atoms with Crippen LogP contribution in [0.15, 0.2) is 49.1 Å². The molecule has 1 amide bonds. The summed E-state index contributed by atoms with van der Waals surface area (Å²) in [7, 11) is 0. The van der Waals surface area contributed by atoms with E-state index >= 15 is 0 Å². The van der Waals surface area contributed by atoms with Crippen molar-refractivity contribution < 1.29 is 9.36 Å². The van der Waals surface area contributed by atoms with E-state index in [0.717, 1.165) is 32.4 Å². The van der Waals surface area contributed by atoms with Gasteiger partial charge in [-0.05, 0) is 18.4 Å². The van der Waals surface area contributed by atoms with E-state index in [2.05, 4.69) is 48.4 Å². The molecular formula is C20H30N3O+. The second-order valence-corrected chi connectivity index (χ2v) is 6.30. The maximum Gasteiger partial charge on any atom is 0.265 e. The molecule has 0 fully saturated rings. The lowest BCUT2D eigenvalue weighted by Gasteiger charge is -2.14. The van der Waals surface area contributed by atoms with Crippen LogP contribution in [0.4, 0.5) is 0 Å². The van der Waals surface area contributed by atoms with Gasteiger partial charge in [0.1, 0.15) is 12.4 Å². The Morgan fingerprint density at radius 3 is 2.62 bits per heavy atom. The summed E-state index contributed by atoms with van der Waals surface area (Å²) in [6.07, 6.45) is 11.3. The maximum atomic E-state index is 12.7. The minimum atomic E-state index is -0.202. The predicted molar refractivity (Wildman–Crippen MR) is 96.6 cm³/mol. The van der Waals surface area contributed by atoms with Gasteiger partial charge in [-0.3, -0.25) is 4.79 Å². The number of carbonyl (C=O) groups excluding carboxylic acids is 1. The molecule has 0 saturated carbocycles. The quantitative estimate of drug-likeness (QED) is 0.527. The second kappa shape index (κ2) is 9.91. The number of nitrogens with zero attached hydrogens (tertiary/aromatic N) is 2. The van der Waals surface area contributed by atoms with Gasteiger partial charge in [0.2, 0.25) is 6.33 Å². The Hall–Kier alpha value is -2.10. The van der Waals surface area contributed by atoms with Crippen LogP contribution in [0.1, 0.15) is 51.1 Å². The van der Waals surface area contributed by atoms with Gasteiger partial charge in [-0.15, -0.1) is 0 Å². The van der Waals surface area contributed by atoms with Crippen LogP contribution in [-0.2, 0) is 17.8 Å². The zero-order valence-corrected chi connectivity index (χ0v) is 14.9. The number of rotatable bonds is 10. The summed E-state index contributed by atoms with van der Waals surface area (Å²) < 4.78 is 4.21. The van der Waals surface area contributed by atoms with Crippen molar-refractivity contribution in [3.05, 3.63) is 54.6 Å². The summed E-state index contributed by atoms with van der Waals surface area (Å²) in [6, 6.07) is 10.0. The first-order valence-corrected chi connectivity index (χ1v) is 9.12. The zero-order valence-electron chi connectivity index (χ0n) is 14.9. The van der Waals surface area contributed by atoms with Crippen LogP contribution in [0.25, 0.3) is 0 Å². The van der Waals surface area contributed by atoms with E-state index in [1.165, 1.54) is 12.0 Å². The molecule has 1 heterocycles. The number of aromatic nitrogens is 2. The monoisotopic (exact) mass is 328 g/mol. The molecule has 0 bridgehead atoms. The molecule has 0 aliphatic carbocycles. The fourth-order valence-electron chi connectivity index (χ4n) is 2.75. The van der Waals surface area contributed by atoms with Crippen LogP contribution >= 0.6 is 0 Å². The molecule has 24 heavy (non-hydrogen) atoms. The Balaban J connectivity index is 2.12. The summed E-state index contributed by atoms with van der Waals surface area (Å²) in [4.78, 5) is 12.7. The van der Waals surface area contributed by atoms with Crippen molar-refractivity contribution in [3.8, 4) is 0 Å². The third-order valence-electron chi connectivity index (χ3n) is 4.25. The molecule has 130 valence electrons. The van der Waals surface area contributed by atoms with E-state index in [-0.39, 0.29) is 11.9 Å². The van der Waals surface area contributed by atoms with Crippen LogP contribution < -0.4 is 9.88 Å². The number of hydrogen-bond donors (Lipinski definition) is 1. The summed E-state index contributed by atoms with van der Waals surface area (Å²) in [5.41, 5.74) is 1.18. The minimum absolute atomic E-state index is 0.102. The fraction of sp³-hybridized carbons (Fsp3) is 0.500. The van der Waals surface area contributed by atoms with Gasteiger partial charge in [-0.25, -0.2) is 9.13 Å². The molecule has 4 nitrogen and oxygen atoms in total. The number of hydrogen-bond acceptors (Lipinski definition) is 1. The highest BCUT2D eigenvalue weighted by atomic mass is 16.2. The van der Waals surface area contributed by atoms with Crippen molar-refractivity contribution in [3.63, 3.8) is 0 Å². The van der Waals surface area contributed by atoms with Crippen molar-refractivity contribution in [2.75, 3.05) is 6.54 Å². The molecule has 2 rings (SSSR count). The van der Waals surface area contributed by atoms with Gasteiger partial charge in [0, 0.05) is 13.0 Å². The number of nitrogens with one attached hydrogen (secondary N) is 1. The van der Waals surface area contributed by atoms with Gasteiger partial charge in [0.25, 0.3) is 5.91 Å². The molecule has 0 radical (unpaired) electrons. The van der Waals surface area contributed by atoms with Crippen LogP contribution in [0.3, 0.4) is 0 Å². The van der Waals surface area contributed by atoms with E-state index in [9.17, 15) is 4.79 Å². The van der Waals surface area contributed by atoms with Crippen LogP contribution in [0.5, 0.6) is 0 Å². The van der Waals surface area contributed by atoms with Gasteiger partial charge in [-0.1, -0.05) is 57.0 Å². The average Bonchev–Trinajstić information content (AvgIpc) is 3.07. The number of amides is 1. The van der Waals surface area contributed by atoms with Crippen molar-refractivity contribution in [2.45, 2.75) is 58.5 Å². The molecule has 1 aromatic heterocycles. The Morgan fingerprint density at radius 2 is 1.92 bits per heavy atom. The van der Waals surface area contributed by atoms with Crippen LogP contribution in [0.2, 0.25) is 0 Å². The first-order chi connectivity index (χ1) is 11.7. The third-order valence-corrected chi connectivity index (χ3v) is 4.25. The molecule has 0 aliphatic heterocycles. The standard InChI is InChI=1S/C20H29N3O/c1-3-5-12-21-20(24)19(16-18-10-8-7-9-11-18)23-15-14-22(17-23)13-6-4-2/h7-11,14-15,17,19H,3-6,12-13,16H2,1-2H3/p+1/t19-/m0/s1. The first kappa shape index (κ1) is 18.2. The number of aryl methyl sites for hydroxylation is 1. The van der Waals surface area contributed by atoms with E-state index < -0.39 is 0 Å². The van der Waals surface area contributed by atoms with Gasteiger partial charge < -0.3 is 5.32 Å². The molecule has 1 aromatic carbocycles. The predicted octanol–water partition coefficient (Wildman–Crippen LogP) is 3.28. The largest absolute Gasteiger partial charge is 0.352 e. The van der Waals surface area contributed by atoms with Crippen molar-refractivity contribution in [1.82, 2.24) is 9.88 Å². The smallest absolute Gasteiger partial charge is 0.265 e. The molecule has 2 aromatic rings. The highest BCUT2D eigenvalue weighted by molar-refractivity contribution is 5.80. The van der Waals surface area contributed by atoms with Gasteiger partial charge in [-0.2, -0.15) is 0 Å². The molecule has 1 atom stereocenters. The Morgan fingerprint density at radius 1 is 1.17 bits per heavy atom. The number of imidazole rings is 1. The first-order valence-electron chi connectivity index (χ1n) is 9.12. The SMILES string of the molecule is CCCCNC(=O)[C@H](Cc1ccccc1)n1cc[n+](CCCC)c1. The molecule has 0 saturated heterocycles. The van der Waals surface area contributed by atoms with Gasteiger partial charge >= 0.3 is 0 Å². The minimum Gasteiger partial charge on any atom is -0.352 e. The lowest BCUT2D eigenvalue weighted by molar-refractivity contribution is -0.696. The lowest BCUT2D eigenvalue weighted by Crippen LogP contribution is -2.36. The summed E-state index contributed by atoms with van der Waals surface area (Å²) >= 11 is 0. The Labute approximate surface area is 145 Å². The number of carbonyl (C=O) groups is 1. The molecule has 1 N–H and O–H groups in total. The van der Waals surface area contributed by atoms with E-state index in [1.807, 2.05) is 29.0 Å². The van der Waals surface area contributed by atoms with Gasteiger partial charge in [0.15, 0.2) is 6.04 Å². The fourth-order valence-corrected chi connectivity index (χ4v) is 2.75. The highest BCUT2D eigenvalue weighted by Gasteiger charge is 2.25.